The third kappa shape index (κ3) is 3.06. The summed E-state index contributed by atoms with van der Waals surface area (Å²) in [5.74, 6) is 0.559. The van der Waals surface area contributed by atoms with E-state index in [1.807, 2.05) is 0 Å². The normalized spacial score (nSPS) is 16.4. The van der Waals surface area contributed by atoms with Crippen LogP contribution in [-0.2, 0) is 0 Å². The molecule has 0 fully saturated rings. The molecule has 0 aromatic heterocycles. The van der Waals surface area contributed by atoms with Crippen LogP contribution in [0.1, 0.15) is 34.6 Å². The predicted molar refractivity (Wildman–Crippen MR) is 106 cm³/mol. The molecule has 2 aromatic carbocycles. The van der Waals surface area contributed by atoms with Gasteiger partial charge in [0.25, 0.3) is 0 Å². The van der Waals surface area contributed by atoms with Crippen molar-refractivity contribution in [1.82, 2.24) is 0 Å². The van der Waals surface area contributed by atoms with E-state index in [9.17, 15) is 0 Å². The molecule has 126 valence electrons. The number of rotatable bonds is 4. The van der Waals surface area contributed by atoms with Gasteiger partial charge < -0.3 is 9.80 Å². The van der Waals surface area contributed by atoms with E-state index in [4.69, 9.17) is 0 Å². The van der Waals surface area contributed by atoms with Crippen LogP contribution in [0, 0.1) is 13.8 Å². The number of allylic oxidation sites excluding steroid dienone is 2. The number of benzene rings is 2. The van der Waals surface area contributed by atoms with Gasteiger partial charge in [-0.2, -0.15) is 0 Å². The molecule has 2 heteroatoms. The molecule has 3 rings (SSSR count). The molecule has 0 saturated heterocycles. The summed E-state index contributed by atoms with van der Waals surface area (Å²) in [6.45, 7) is 4.44. The van der Waals surface area contributed by atoms with Crippen molar-refractivity contribution < 1.29 is 0 Å². The third-order valence-electron chi connectivity index (χ3n) is 5.08. The Hall–Kier alpha value is -2.22. The molecule has 0 N–H and O–H groups in total. The van der Waals surface area contributed by atoms with Gasteiger partial charge in [0, 0.05) is 45.5 Å². The van der Waals surface area contributed by atoms with Crippen LogP contribution in [0.2, 0.25) is 0 Å². The zero-order valence-corrected chi connectivity index (χ0v) is 15.7. The number of hydrogen-bond donors (Lipinski definition) is 0. The molecule has 1 atom stereocenters. The second-order valence-electron chi connectivity index (χ2n) is 7.33. The molecule has 24 heavy (non-hydrogen) atoms. The van der Waals surface area contributed by atoms with Crippen LogP contribution in [-0.4, -0.2) is 28.2 Å². The fourth-order valence-electron chi connectivity index (χ4n) is 3.49. The molecule has 1 unspecified atom stereocenters. The minimum Gasteiger partial charge on any atom is -0.378 e. The van der Waals surface area contributed by atoms with Crippen molar-refractivity contribution in [1.29, 1.82) is 0 Å². The zero-order valence-electron chi connectivity index (χ0n) is 15.7. The minimum absolute atomic E-state index is 0.559. The minimum atomic E-state index is 0.559. The summed E-state index contributed by atoms with van der Waals surface area (Å²) in [6.07, 6.45) is 3.58. The van der Waals surface area contributed by atoms with Gasteiger partial charge in [0.15, 0.2) is 0 Å². The van der Waals surface area contributed by atoms with E-state index in [2.05, 4.69) is 94.3 Å². The van der Waals surface area contributed by atoms with Crippen LogP contribution in [0.15, 0.2) is 42.5 Å². The van der Waals surface area contributed by atoms with E-state index in [1.165, 1.54) is 39.2 Å². The Kier molecular flexibility index (Phi) is 4.40. The number of anilines is 2. The molecular formula is C22H28N2. The summed E-state index contributed by atoms with van der Waals surface area (Å²) in [7, 11) is 8.37. The van der Waals surface area contributed by atoms with E-state index in [0.717, 1.165) is 6.42 Å². The summed E-state index contributed by atoms with van der Waals surface area (Å²) >= 11 is 0. The van der Waals surface area contributed by atoms with E-state index in [-0.39, 0.29) is 0 Å². The molecule has 2 aromatic rings. The van der Waals surface area contributed by atoms with Crippen molar-refractivity contribution in [2.24, 2.45) is 0 Å². The van der Waals surface area contributed by atoms with E-state index < -0.39 is 0 Å². The maximum atomic E-state index is 2.44. The number of aryl methyl sites for hydroxylation is 2. The van der Waals surface area contributed by atoms with E-state index >= 15 is 0 Å². The highest BCUT2D eigenvalue weighted by molar-refractivity contribution is 5.76. The molecule has 0 saturated carbocycles. The predicted octanol–water partition coefficient (Wildman–Crippen LogP) is 5.01. The van der Waals surface area contributed by atoms with Gasteiger partial charge in [0.1, 0.15) is 0 Å². The summed E-state index contributed by atoms with van der Waals surface area (Å²) in [5.41, 5.74) is 9.65. The summed E-state index contributed by atoms with van der Waals surface area (Å²) in [6, 6.07) is 13.6. The first-order chi connectivity index (χ1) is 11.4. The summed E-state index contributed by atoms with van der Waals surface area (Å²) in [4.78, 5) is 4.32. The number of hydrogen-bond acceptors (Lipinski definition) is 2. The van der Waals surface area contributed by atoms with Gasteiger partial charge in [0.2, 0.25) is 0 Å². The van der Waals surface area contributed by atoms with Crippen molar-refractivity contribution in [2.45, 2.75) is 26.2 Å². The van der Waals surface area contributed by atoms with Crippen LogP contribution in [0.25, 0.3) is 5.57 Å². The first kappa shape index (κ1) is 16.6. The van der Waals surface area contributed by atoms with E-state index in [0.29, 0.717) is 5.92 Å². The zero-order chi connectivity index (χ0) is 17.4. The maximum absolute atomic E-state index is 2.44. The first-order valence-electron chi connectivity index (χ1n) is 8.63. The smallest absolute Gasteiger partial charge is 0.0364 e. The molecule has 0 amide bonds. The lowest BCUT2D eigenvalue weighted by molar-refractivity contribution is 0.807. The highest BCUT2D eigenvalue weighted by Crippen LogP contribution is 2.43. The van der Waals surface area contributed by atoms with Gasteiger partial charge >= 0.3 is 0 Å². The van der Waals surface area contributed by atoms with Crippen molar-refractivity contribution in [3.8, 4) is 0 Å². The second-order valence-corrected chi connectivity index (χ2v) is 7.33. The van der Waals surface area contributed by atoms with Crippen LogP contribution in [0.5, 0.6) is 0 Å². The Bertz CT molecular complexity index is 785. The SMILES string of the molecule is Cc1cc(N(C)C)ccc1C1=CC(c2ccc(N(C)C)cc2C)C1. The quantitative estimate of drug-likeness (QED) is 0.781. The summed E-state index contributed by atoms with van der Waals surface area (Å²) < 4.78 is 0. The van der Waals surface area contributed by atoms with Crippen molar-refractivity contribution in [2.75, 3.05) is 38.0 Å². The van der Waals surface area contributed by atoms with Gasteiger partial charge in [-0.1, -0.05) is 18.2 Å². The largest absolute Gasteiger partial charge is 0.378 e. The first-order valence-corrected chi connectivity index (χ1v) is 8.63. The lowest BCUT2D eigenvalue weighted by atomic mass is 9.76. The van der Waals surface area contributed by atoms with Crippen LogP contribution in [0.4, 0.5) is 11.4 Å². The standard InChI is InChI=1S/C22H28N2/c1-15-11-19(23(3)4)7-9-21(15)17-13-18(14-17)22-10-8-20(24(5)6)12-16(22)2/h7-13,17H,14H2,1-6H3. The topological polar surface area (TPSA) is 6.48 Å². The van der Waals surface area contributed by atoms with E-state index in [1.54, 1.807) is 0 Å². The molecule has 1 aliphatic rings. The van der Waals surface area contributed by atoms with Gasteiger partial charge in [0.05, 0.1) is 0 Å². The molecule has 0 radical (unpaired) electrons. The molecular weight excluding hydrogens is 292 g/mol. The Morgan fingerprint density at radius 2 is 1.33 bits per heavy atom. The van der Waals surface area contributed by atoms with Gasteiger partial charge in [-0.15, -0.1) is 0 Å². The lowest BCUT2D eigenvalue weighted by Gasteiger charge is -2.29. The molecule has 0 aliphatic heterocycles. The molecule has 2 nitrogen and oxygen atoms in total. The highest BCUT2D eigenvalue weighted by atomic mass is 15.1. The average Bonchev–Trinajstić information content (AvgIpc) is 2.48. The Morgan fingerprint density at radius 1 is 0.792 bits per heavy atom. The van der Waals surface area contributed by atoms with Crippen molar-refractivity contribution >= 4 is 16.9 Å². The average molecular weight is 320 g/mol. The monoisotopic (exact) mass is 320 g/mol. The maximum Gasteiger partial charge on any atom is 0.0364 e. The summed E-state index contributed by atoms with van der Waals surface area (Å²) in [5, 5.41) is 0. The van der Waals surface area contributed by atoms with Crippen LogP contribution in [0.3, 0.4) is 0 Å². The molecule has 0 bridgehead atoms. The van der Waals surface area contributed by atoms with Gasteiger partial charge in [-0.25, -0.2) is 0 Å². The lowest BCUT2D eigenvalue weighted by Crippen LogP contribution is -2.13. The van der Waals surface area contributed by atoms with Crippen LogP contribution < -0.4 is 9.80 Å². The fraction of sp³-hybridized carbons (Fsp3) is 0.364. The molecule has 1 aliphatic carbocycles. The molecule has 0 heterocycles. The Balaban J connectivity index is 1.82. The Labute approximate surface area is 146 Å². The van der Waals surface area contributed by atoms with Gasteiger partial charge in [-0.05, 0) is 72.4 Å². The molecule has 0 spiro atoms. The van der Waals surface area contributed by atoms with Crippen LogP contribution >= 0.6 is 0 Å². The number of nitrogens with zero attached hydrogens (tertiary/aromatic N) is 2. The highest BCUT2D eigenvalue weighted by Gasteiger charge is 2.24. The van der Waals surface area contributed by atoms with Crippen molar-refractivity contribution in [3.63, 3.8) is 0 Å². The second kappa shape index (κ2) is 6.35. The third-order valence-corrected chi connectivity index (χ3v) is 5.08. The fourth-order valence-corrected chi connectivity index (χ4v) is 3.49. The van der Waals surface area contributed by atoms with Crippen molar-refractivity contribution in [3.05, 3.63) is 64.7 Å². The van der Waals surface area contributed by atoms with Gasteiger partial charge in [-0.3, -0.25) is 0 Å². The Morgan fingerprint density at radius 3 is 1.83 bits per heavy atom.